The Bertz CT molecular complexity index is 1390. The summed E-state index contributed by atoms with van der Waals surface area (Å²) in [5.41, 5.74) is 3.76. The standard InChI is InChI=1S/C31H37ClN6O/c32-25-7-1-5-21-6-2-8-27(28(21)25)36-16-11-24-26(19-36)34-30(39-20-31-12-3-14-38(31)15-4-13-31)35-29(24)37-17-22-9-10-23(18-37)33-22/h1-2,5-8,22-23,33H,3-4,9-20H2. The Labute approximate surface area is 235 Å². The summed E-state index contributed by atoms with van der Waals surface area (Å²) in [6.45, 7) is 6.78. The number of hydrogen-bond acceptors (Lipinski definition) is 7. The van der Waals surface area contributed by atoms with E-state index in [1.807, 2.05) is 12.1 Å². The van der Waals surface area contributed by atoms with Crippen LogP contribution in [0.2, 0.25) is 5.02 Å². The van der Waals surface area contributed by atoms with Gasteiger partial charge in [0.25, 0.3) is 0 Å². The van der Waals surface area contributed by atoms with Crippen LogP contribution < -0.4 is 19.9 Å². The first-order chi connectivity index (χ1) is 19.1. The lowest BCUT2D eigenvalue weighted by atomic mass is 9.95. The Morgan fingerprint density at radius 3 is 2.51 bits per heavy atom. The highest BCUT2D eigenvalue weighted by atomic mass is 35.5. The van der Waals surface area contributed by atoms with Crippen molar-refractivity contribution in [2.45, 2.75) is 69.1 Å². The minimum absolute atomic E-state index is 0.180. The first kappa shape index (κ1) is 24.2. The average molecular weight is 545 g/mol. The summed E-state index contributed by atoms with van der Waals surface area (Å²) >= 11 is 6.73. The summed E-state index contributed by atoms with van der Waals surface area (Å²) in [6, 6.07) is 14.3. The van der Waals surface area contributed by atoms with Gasteiger partial charge in [-0.3, -0.25) is 4.90 Å². The largest absolute Gasteiger partial charge is 0.461 e. The van der Waals surface area contributed by atoms with Crippen LogP contribution in [-0.4, -0.2) is 71.8 Å². The van der Waals surface area contributed by atoms with E-state index >= 15 is 0 Å². The molecule has 0 amide bonds. The van der Waals surface area contributed by atoms with Gasteiger partial charge < -0.3 is 19.9 Å². The summed E-state index contributed by atoms with van der Waals surface area (Å²) in [5.74, 6) is 1.11. The molecule has 3 aromatic rings. The van der Waals surface area contributed by atoms with Crippen molar-refractivity contribution in [2.24, 2.45) is 0 Å². The molecule has 1 N–H and O–H groups in total. The smallest absolute Gasteiger partial charge is 0.318 e. The SMILES string of the molecule is Clc1cccc2cccc(N3CCc4c(nc(OCC56CCCN5CCC6)nc4N4CC5CCC(C4)N5)C3)c12. The Balaban J connectivity index is 1.15. The van der Waals surface area contributed by atoms with Crippen LogP contribution in [0.5, 0.6) is 6.01 Å². The molecule has 5 aliphatic rings. The molecule has 6 heterocycles. The van der Waals surface area contributed by atoms with Gasteiger partial charge in [-0.1, -0.05) is 35.9 Å². The molecule has 39 heavy (non-hydrogen) atoms. The zero-order valence-corrected chi connectivity index (χ0v) is 23.3. The number of anilines is 2. The van der Waals surface area contributed by atoms with Crippen molar-refractivity contribution in [1.82, 2.24) is 20.2 Å². The zero-order valence-electron chi connectivity index (χ0n) is 22.5. The molecule has 4 fully saturated rings. The molecule has 5 aliphatic heterocycles. The normalized spacial score (nSPS) is 25.8. The molecular weight excluding hydrogens is 508 g/mol. The van der Waals surface area contributed by atoms with Gasteiger partial charge in [-0.2, -0.15) is 9.97 Å². The fourth-order valence-corrected chi connectivity index (χ4v) is 8.37. The number of benzene rings is 2. The van der Waals surface area contributed by atoms with Crippen molar-refractivity contribution < 1.29 is 4.74 Å². The highest BCUT2D eigenvalue weighted by molar-refractivity contribution is 6.36. The number of piperazine rings is 1. The molecule has 2 unspecified atom stereocenters. The maximum absolute atomic E-state index is 6.73. The van der Waals surface area contributed by atoms with Crippen LogP contribution in [0.4, 0.5) is 11.5 Å². The molecule has 0 radical (unpaired) electrons. The maximum atomic E-state index is 6.73. The molecule has 1 aromatic heterocycles. The lowest BCUT2D eigenvalue weighted by Crippen LogP contribution is -2.52. The number of halogens is 1. The second-order valence-corrected chi connectivity index (χ2v) is 12.7. The van der Waals surface area contributed by atoms with Crippen LogP contribution in [0, 0.1) is 0 Å². The van der Waals surface area contributed by atoms with E-state index in [2.05, 4.69) is 44.3 Å². The highest BCUT2D eigenvalue weighted by Crippen LogP contribution is 2.40. The molecule has 0 aliphatic carbocycles. The molecule has 2 atom stereocenters. The van der Waals surface area contributed by atoms with Gasteiger partial charge in [0.2, 0.25) is 0 Å². The van der Waals surface area contributed by atoms with E-state index in [0.29, 0.717) is 24.7 Å². The van der Waals surface area contributed by atoms with Gasteiger partial charge in [-0.25, -0.2) is 0 Å². The molecule has 204 valence electrons. The van der Waals surface area contributed by atoms with Crippen LogP contribution in [0.25, 0.3) is 10.8 Å². The minimum atomic E-state index is 0.180. The van der Waals surface area contributed by atoms with Crippen molar-refractivity contribution in [3.63, 3.8) is 0 Å². The lowest BCUT2D eigenvalue weighted by Gasteiger charge is -2.38. The van der Waals surface area contributed by atoms with Crippen LogP contribution in [0.1, 0.15) is 49.8 Å². The Hall–Kier alpha value is -2.61. The van der Waals surface area contributed by atoms with E-state index < -0.39 is 0 Å². The molecule has 0 spiro atoms. The third-order valence-electron chi connectivity index (χ3n) is 9.99. The Morgan fingerprint density at radius 2 is 1.72 bits per heavy atom. The van der Waals surface area contributed by atoms with Crippen LogP contribution in [0.3, 0.4) is 0 Å². The lowest BCUT2D eigenvalue weighted by molar-refractivity contribution is 0.107. The van der Waals surface area contributed by atoms with Gasteiger partial charge in [-0.05, 0) is 75.6 Å². The van der Waals surface area contributed by atoms with Gasteiger partial charge >= 0.3 is 6.01 Å². The third kappa shape index (κ3) is 4.16. The van der Waals surface area contributed by atoms with Gasteiger partial charge in [0.15, 0.2) is 0 Å². The number of nitrogens with one attached hydrogen (secondary N) is 1. The molecule has 8 heteroatoms. The zero-order chi connectivity index (χ0) is 26.0. The summed E-state index contributed by atoms with van der Waals surface area (Å²) < 4.78 is 6.55. The minimum Gasteiger partial charge on any atom is -0.461 e. The quantitative estimate of drug-likeness (QED) is 0.495. The number of aromatic nitrogens is 2. The molecular formula is C31H37ClN6O. The van der Waals surface area contributed by atoms with Gasteiger partial charge in [-0.15, -0.1) is 0 Å². The van der Waals surface area contributed by atoms with Crippen molar-refractivity contribution in [2.75, 3.05) is 49.1 Å². The first-order valence-corrected chi connectivity index (χ1v) is 15.2. The number of nitrogens with zero attached hydrogens (tertiary/aromatic N) is 5. The number of ether oxygens (including phenoxy) is 1. The maximum Gasteiger partial charge on any atom is 0.318 e. The average Bonchev–Trinajstić information content (AvgIpc) is 3.64. The summed E-state index contributed by atoms with van der Waals surface area (Å²) in [5, 5.41) is 6.87. The molecule has 2 bridgehead atoms. The molecule has 2 aromatic carbocycles. The van der Waals surface area contributed by atoms with E-state index in [4.69, 9.17) is 26.3 Å². The topological polar surface area (TPSA) is 56.8 Å². The third-order valence-corrected chi connectivity index (χ3v) is 10.3. The predicted molar refractivity (Wildman–Crippen MR) is 156 cm³/mol. The van der Waals surface area contributed by atoms with Crippen molar-refractivity contribution in [1.29, 1.82) is 0 Å². The van der Waals surface area contributed by atoms with E-state index in [1.54, 1.807) is 0 Å². The van der Waals surface area contributed by atoms with E-state index in [-0.39, 0.29) is 5.54 Å². The fraction of sp³-hybridized carbons (Fsp3) is 0.548. The fourth-order valence-electron chi connectivity index (χ4n) is 8.09. The molecule has 0 saturated carbocycles. The van der Waals surface area contributed by atoms with E-state index in [9.17, 15) is 0 Å². The summed E-state index contributed by atoms with van der Waals surface area (Å²) in [7, 11) is 0. The van der Waals surface area contributed by atoms with Gasteiger partial charge in [0, 0.05) is 48.4 Å². The van der Waals surface area contributed by atoms with E-state index in [1.165, 1.54) is 68.3 Å². The highest BCUT2D eigenvalue weighted by Gasteiger charge is 2.45. The number of rotatable bonds is 5. The van der Waals surface area contributed by atoms with Gasteiger partial charge in [0.05, 0.1) is 22.8 Å². The first-order valence-electron chi connectivity index (χ1n) is 14.9. The second kappa shape index (κ2) is 9.50. The second-order valence-electron chi connectivity index (χ2n) is 12.3. The monoisotopic (exact) mass is 544 g/mol. The number of hydrogen-bond donors (Lipinski definition) is 1. The predicted octanol–water partition coefficient (Wildman–Crippen LogP) is 4.79. The van der Waals surface area contributed by atoms with Crippen LogP contribution in [0.15, 0.2) is 36.4 Å². The number of fused-ring (bicyclic) bond motifs is 5. The van der Waals surface area contributed by atoms with Crippen molar-refractivity contribution in [3.05, 3.63) is 52.7 Å². The van der Waals surface area contributed by atoms with Gasteiger partial charge in [0.1, 0.15) is 12.4 Å². The Kier molecular flexibility index (Phi) is 5.89. The van der Waals surface area contributed by atoms with Crippen molar-refractivity contribution in [3.8, 4) is 6.01 Å². The van der Waals surface area contributed by atoms with Crippen LogP contribution in [-0.2, 0) is 13.0 Å². The van der Waals surface area contributed by atoms with Crippen molar-refractivity contribution >= 4 is 33.9 Å². The summed E-state index contributed by atoms with van der Waals surface area (Å²) in [4.78, 5) is 17.9. The molecule has 8 rings (SSSR count). The van der Waals surface area contributed by atoms with E-state index in [0.717, 1.165) is 54.5 Å². The molecule has 4 saturated heterocycles. The van der Waals surface area contributed by atoms with Crippen LogP contribution >= 0.6 is 11.6 Å². The Morgan fingerprint density at radius 1 is 0.949 bits per heavy atom. The molecule has 7 nitrogen and oxygen atoms in total. The summed E-state index contributed by atoms with van der Waals surface area (Å²) in [6.07, 6.45) is 8.42.